The Bertz CT molecular complexity index is 417. The molecule has 0 aromatic rings. The summed E-state index contributed by atoms with van der Waals surface area (Å²) in [5.74, 6) is -0.448. The van der Waals surface area contributed by atoms with Gasteiger partial charge in [-0.05, 0) is 6.42 Å². The Morgan fingerprint density at radius 2 is 0.875 bits per heavy atom. The average Bonchev–Trinajstić information content (AvgIpc) is 2.77. The Hall–Kier alpha value is -1.22. The summed E-state index contributed by atoms with van der Waals surface area (Å²) in [4.78, 5) is 22.2. The Balaban J connectivity index is 3.14. The lowest BCUT2D eigenvalue weighted by Crippen LogP contribution is -2.15. The van der Waals surface area contributed by atoms with Gasteiger partial charge in [0.05, 0.1) is 52.9 Å². The molecule has 0 aromatic carbocycles. The van der Waals surface area contributed by atoms with E-state index in [1.165, 1.54) is 51.9 Å². The Morgan fingerprint density at radius 3 is 1.31 bits per heavy atom. The van der Waals surface area contributed by atoms with Crippen LogP contribution in [0.25, 0.3) is 0 Å². The van der Waals surface area contributed by atoms with Crippen LogP contribution in [0.15, 0.2) is 0 Å². The molecular weight excluding hydrogens is 416 g/mol. The van der Waals surface area contributed by atoms with E-state index in [4.69, 9.17) is 28.4 Å². The highest BCUT2D eigenvalue weighted by molar-refractivity contribution is 5.69. The molecule has 0 saturated carbocycles. The fourth-order valence-corrected chi connectivity index (χ4v) is 2.87. The van der Waals surface area contributed by atoms with Crippen LogP contribution in [0, 0.1) is 0 Å². The molecule has 8 heteroatoms. The largest absolute Gasteiger partial charge is 0.463 e. The first-order valence-electron chi connectivity index (χ1n) is 12.3. The minimum absolute atomic E-state index is 0.139. The van der Waals surface area contributed by atoms with Gasteiger partial charge in [-0.3, -0.25) is 9.59 Å². The van der Waals surface area contributed by atoms with Crippen LogP contribution in [0.4, 0.5) is 0 Å². The van der Waals surface area contributed by atoms with Gasteiger partial charge in [0.1, 0.15) is 13.2 Å². The molecule has 0 saturated heterocycles. The van der Waals surface area contributed by atoms with E-state index >= 15 is 0 Å². The molecular formula is C24H46O8. The van der Waals surface area contributed by atoms with Crippen molar-refractivity contribution in [3.05, 3.63) is 0 Å². The Morgan fingerprint density at radius 1 is 0.500 bits per heavy atom. The molecule has 0 aliphatic rings. The molecule has 0 bridgehead atoms. The highest BCUT2D eigenvalue weighted by atomic mass is 16.6. The number of rotatable bonds is 25. The van der Waals surface area contributed by atoms with E-state index in [1.54, 1.807) is 0 Å². The predicted octanol–water partition coefficient (Wildman–Crippen LogP) is 4.08. The summed E-state index contributed by atoms with van der Waals surface area (Å²) in [6.07, 6.45) is 11.6. The van der Waals surface area contributed by atoms with E-state index in [-0.39, 0.29) is 25.2 Å². The Kier molecular flexibility index (Phi) is 25.0. The fourth-order valence-electron chi connectivity index (χ4n) is 2.87. The van der Waals surface area contributed by atoms with Crippen molar-refractivity contribution in [2.75, 3.05) is 66.1 Å². The molecule has 0 aromatic heterocycles. The Labute approximate surface area is 194 Å². The van der Waals surface area contributed by atoms with Crippen LogP contribution in [0.1, 0.15) is 78.1 Å². The number of hydrogen-bond acceptors (Lipinski definition) is 8. The van der Waals surface area contributed by atoms with Crippen molar-refractivity contribution in [1.82, 2.24) is 0 Å². The van der Waals surface area contributed by atoms with E-state index in [1.807, 2.05) is 0 Å². The summed E-state index contributed by atoms with van der Waals surface area (Å²) < 4.78 is 31.3. The topological polar surface area (TPSA) is 89.5 Å². The third kappa shape index (κ3) is 26.8. The number of ether oxygens (including phenoxy) is 6. The second-order valence-corrected chi connectivity index (χ2v) is 7.59. The highest BCUT2D eigenvalue weighted by Crippen LogP contribution is 2.10. The maximum absolute atomic E-state index is 11.7. The molecule has 0 radical (unpaired) electrons. The molecule has 32 heavy (non-hydrogen) atoms. The zero-order chi connectivity index (χ0) is 23.5. The maximum atomic E-state index is 11.7. The molecule has 0 unspecified atom stereocenters. The summed E-state index contributed by atoms with van der Waals surface area (Å²) in [5.41, 5.74) is 0. The molecule has 190 valence electrons. The van der Waals surface area contributed by atoms with Crippen molar-refractivity contribution in [3.8, 4) is 0 Å². The van der Waals surface area contributed by atoms with Gasteiger partial charge in [-0.25, -0.2) is 0 Å². The molecule has 0 aliphatic heterocycles. The quantitative estimate of drug-likeness (QED) is 0.148. The zero-order valence-electron chi connectivity index (χ0n) is 20.4. The van der Waals surface area contributed by atoms with Crippen LogP contribution < -0.4 is 0 Å². The normalized spacial score (nSPS) is 10.9. The molecule has 0 N–H and O–H groups in total. The van der Waals surface area contributed by atoms with E-state index in [0.717, 1.165) is 12.8 Å². The van der Waals surface area contributed by atoms with Gasteiger partial charge in [-0.1, -0.05) is 58.3 Å². The molecule has 0 heterocycles. The van der Waals surface area contributed by atoms with Crippen LogP contribution in [0.5, 0.6) is 0 Å². The van der Waals surface area contributed by atoms with Crippen molar-refractivity contribution in [2.24, 2.45) is 0 Å². The van der Waals surface area contributed by atoms with Crippen LogP contribution in [0.3, 0.4) is 0 Å². The van der Waals surface area contributed by atoms with Crippen LogP contribution in [-0.2, 0) is 38.0 Å². The van der Waals surface area contributed by atoms with Gasteiger partial charge in [0.2, 0.25) is 0 Å². The van der Waals surface area contributed by atoms with Crippen LogP contribution in [-0.4, -0.2) is 78.0 Å². The number of hydrogen-bond donors (Lipinski definition) is 0. The van der Waals surface area contributed by atoms with E-state index in [0.29, 0.717) is 59.3 Å². The third-order valence-corrected chi connectivity index (χ3v) is 4.62. The molecule has 0 atom stereocenters. The van der Waals surface area contributed by atoms with Crippen molar-refractivity contribution in [3.63, 3.8) is 0 Å². The molecule has 0 rings (SSSR count). The minimum Gasteiger partial charge on any atom is -0.463 e. The molecule has 0 spiro atoms. The monoisotopic (exact) mass is 462 g/mol. The summed E-state index contributed by atoms with van der Waals surface area (Å²) in [7, 11) is 0. The number of esters is 2. The summed E-state index contributed by atoms with van der Waals surface area (Å²) in [5, 5.41) is 0. The van der Waals surface area contributed by atoms with Crippen LogP contribution >= 0.6 is 0 Å². The van der Waals surface area contributed by atoms with Gasteiger partial charge in [-0.2, -0.15) is 0 Å². The first-order valence-corrected chi connectivity index (χ1v) is 12.3. The lowest BCUT2D eigenvalue weighted by molar-refractivity contribution is -0.145. The van der Waals surface area contributed by atoms with Gasteiger partial charge in [0, 0.05) is 13.3 Å². The van der Waals surface area contributed by atoms with Crippen molar-refractivity contribution in [1.29, 1.82) is 0 Å². The second-order valence-electron chi connectivity index (χ2n) is 7.59. The van der Waals surface area contributed by atoms with E-state index in [2.05, 4.69) is 6.92 Å². The van der Waals surface area contributed by atoms with Gasteiger partial charge in [0.15, 0.2) is 0 Å². The minimum atomic E-state index is -0.309. The summed E-state index contributed by atoms with van der Waals surface area (Å²) in [6.45, 7) is 7.68. The predicted molar refractivity (Wildman–Crippen MR) is 123 cm³/mol. The number of unbranched alkanes of at least 4 members (excludes halogenated alkanes) is 8. The zero-order valence-corrected chi connectivity index (χ0v) is 20.4. The number of carbonyl (C=O) groups excluding carboxylic acids is 2. The smallest absolute Gasteiger partial charge is 0.305 e. The van der Waals surface area contributed by atoms with Crippen LogP contribution in [0.2, 0.25) is 0 Å². The lowest BCUT2D eigenvalue weighted by atomic mass is 10.1. The number of carbonyl (C=O) groups is 2. The average molecular weight is 463 g/mol. The lowest BCUT2D eigenvalue weighted by Gasteiger charge is -2.08. The van der Waals surface area contributed by atoms with Gasteiger partial charge in [-0.15, -0.1) is 0 Å². The third-order valence-electron chi connectivity index (χ3n) is 4.62. The first kappa shape index (κ1) is 30.8. The summed E-state index contributed by atoms with van der Waals surface area (Å²) in [6, 6.07) is 0. The van der Waals surface area contributed by atoms with Crippen molar-refractivity contribution >= 4 is 11.9 Å². The summed E-state index contributed by atoms with van der Waals surface area (Å²) >= 11 is 0. The van der Waals surface area contributed by atoms with E-state index < -0.39 is 0 Å². The molecule has 0 aliphatic carbocycles. The molecule has 0 fully saturated rings. The second kappa shape index (κ2) is 26.0. The van der Waals surface area contributed by atoms with Gasteiger partial charge < -0.3 is 28.4 Å². The van der Waals surface area contributed by atoms with Gasteiger partial charge >= 0.3 is 11.9 Å². The fraction of sp³-hybridized carbons (Fsp3) is 0.917. The van der Waals surface area contributed by atoms with Gasteiger partial charge in [0.25, 0.3) is 0 Å². The maximum Gasteiger partial charge on any atom is 0.305 e. The highest BCUT2D eigenvalue weighted by Gasteiger charge is 2.02. The molecule has 0 amide bonds. The molecule has 8 nitrogen and oxygen atoms in total. The van der Waals surface area contributed by atoms with Crippen molar-refractivity contribution < 1.29 is 38.0 Å². The SMILES string of the molecule is CCCCCCCCCCCC(=O)OCCOCCOCCOCCOCCOC(C)=O. The van der Waals surface area contributed by atoms with E-state index in [9.17, 15) is 9.59 Å². The van der Waals surface area contributed by atoms with Crippen molar-refractivity contribution in [2.45, 2.75) is 78.1 Å². The standard InChI is InChI=1S/C24H46O8/c1-3-4-5-6-7-8-9-10-11-12-24(26)32-22-20-30-18-16-28-14-13-27-15-17-29-19-21-31-23(2)25/h3-22H2,1-2H3. The first-order chi connectivity index (χ1) is 15.7.